The summed E-state index contributed by atoms with van der Waals surface area (Å²) in [5.74, 6) is 2.10. The minimum atomic E-state index is -0.278. The summed E-state index contributed by atoms with van der Waals surface area (Å²) in [6.07, 6.45) is 4.93. The van der Waals surface area contributed by atoms with Crippen LogP contribution in [0, 0.1) is 18.3 Å². The van der Waals surface area contributed by atoms with Gasteiger partial charge < -0.3 is 10.9 Å². The molecule has 1 unspecified atom stereocenters. The van der Waals surface area contributed by atoms with E-state index < -0.39 is 0 Å². The third-order valence-corrected chi connectivity index (χ3v) is 0.809. The van der Waals surface area contributed by atoms with Gasteiger partial charge in [-0.05, 0) is 6.92 Å². The molecule has 0 rings (SSSR count). The first-order valence-electron chi connectivity index (χ1n) is 2.16. The van der Waals surface area contributed by atoms with Gasteiger partial charge >= 0.3 is 0 Å². The molecule has 0 aromatic rings. The summed E-state index contributed by atoms with van der Waals surface area (Å²) in [7, 11) is 0. The fraction of sp³-hybridized carbons (Fsp3) is 0.400. The van der Waals surface area contributed by atoms with Crippen LogP contribution in [0.4, 0.5) is 0 Å². The summed E-state index contributed by atoms with van der Waals surface area (Å²) in [4.78, 5) is 0. The van der Waals surface area contributed by atoms with E-state index >= 15 is 0 Å². The Kier molecular flexibility index (Phi) is 2.49. The molecule has 3 heteroatoms. The normalized spacial score (nSPS) is 14.8. The SMILES string of the molecule is C#CC(C)/C(N)=N/O. The van der Waals surface area contributed by atoms with E-state index in [2.05, 4.69) is 11.1 Å². The zero-order chi connectivity index (χ0) is 6.57. The Morgan fingerprint density at radius 3 is 2.62 bits per heavy atom. The van der Waals surface area contributed by atoms with Crippen molar-refractivity contribution in [2.75, 3.05) is 0 Å². The molecule has 0 aromatic heterocycles. The fourth-order valence-electron chi connectivity index (χ4n) is 0.172. The monoisotopic (exact) mass is 112 g/mol. The van der Waals surface area contributed by atoms with Crippen molar-refractivity contribution in [1.29, 1.82) is 0 Å². The highest BCUT2D eigenvalue weighted by Crippen LogP contribution is 1.88. The standard InChI is InChI=1S/C5H8N2O/c1-3-4(2)5(6)7-8/h1,4,8H,2H3,(H2,6,7). The van der Waals surface area contributed by atoms with E-state index in [0.717, 1.165) is 0 Å². The third kappa shape index (κ3) is 1.52. The lowest BCUT2D eigenvalue weighted by atomic mass is 10.2. The molecule has 0 amide bonds. The van der Waals surface area contributed by atoms with E-state index in [1.807, 2.05) is 0 Å². The van der Waals surface area contributed by atoms with Crippen LogP contribution in [-0.4, -0.2) is 11.0 Å². The van der Waals surface area contributed by atoms with Crippen LogP contribution >= 0.6 is 0 Å². The highest BCUT2D eigenvalue weighted by Gasteiger charge is 1.99. The number of terminal acetylenes is 1. The molecule has 8 heavy (non-hydrogen) atoms. The van der Waals surface area contributed by atoms with Gasteiger partial charge in [-0.2, -0.15) is 0 Å². The van der Waals surface area contributed by atoms with Crippen LogP contribution in [0.25, 0.3) is 0 Å². The summed E-state index contributed by atoms with van der Waals surface area (Å²) in [6.45, 7) is 1.68. The first-order chi connectivity index (χ1) is 3.72. The Labute approximate surface area is 48.2 Å². The number of rotatable bonds is 1. The summed E-state index contributed by atoms with van der Waals surface area (Å²) in [5.41, 5.74) is 5.08. The molecule has 0 heterocycles. The van der Waals surface area contributed by atoms with Gasteiger partial charge in [-0.25, -0.2) is 0 Å². The topological polar surface area (TPSA) is 58.6 Å². The van der Waals surface area contributed by atoms with Gasteiger partial charge in [0.1, 0.15) is 0 Å². The highest BCUT2D eigenvalue weighted by molar-refractivity contribution is 5.84. The predicted octanol–water partition coefficient (Wildman–Crippen LogP) is 0.00210. The van der Waals surface area contributed by atoms with Crippen molar-refractivity contribution in [3.05, 3.63) is 0 Å². The Balaban J connectivity index is 3.87. The van der Waals surface area contributed by atoms with Crippen LogP contribution in [0.3, 0.4) is 0 Å². The quantitative estimate of drug-likeness (QED) is 0.165. The van der Waals surface area contributed by atoms with E-state index in [0.29, 0.717) is 0 Å². The van der Waals surface area contributed by atoms with Gasteiger partial charge in [-0.15, -0.1) is 6.42 Å². The number of amidine groups is 1. The van der Waals surface area contributed by atoms with Crippen molar-refractivity contribution in [2.45, 2.75) is 6.92 Å². The van der Waals surface area contributed by atoms with Crippen molar-refractivity contribution in [1.82, 2.24) is 0 Å². The predicted molar refractivity (Wildman–Crippen MR) is 31.4 cm³/mol. The molecular formula is C5H8N2O. The number of oxime groups is 1. The number of nitrogens with two attached hydrogens (primary N) is 1. The van der Waals surface area contributed by atoms with Crippen molar-refractivity contribution >= 4 is 5.84 Å². The summed E-state index contributed by atoms with van der Waals surface area (Å²) in [5, 5.41) is 10.7. The van der Waals surface area contributed by atoms with Gasteiger partial charge in [-0.1, -0.05) is 11.1 Å². The van der Waals surface area contributed by atoms with Crippen LogP contribution in [0.2, 0.25) is 0 Å². The van der Waals surface area contributed by atoms with Crippen LogP contribution in [0.15, 0.2) is 5.16 Å². The summed E-state index contributed by atoms with van der Waals surface area (Å²) in [6, 6.07) is 0. The first-order valence-corrected chi connectivity index (χ1v) is 2.16. The first kappa shape index (κ1) is 6.83. The molecule has 0 bridgehead atoms. The molecule has 0 saturated carbocycles. The van der Waals surface area contributed by atoms with E-state index in [1.165, 1.54) is 0 Å². The maximum atomic E-state index is 8.00. The minimum Gasteiger partial charge on any atom is -0.409 e. The molecule has 1 atom stereocenters. The lowest BCUT2D eigenvalue weighted by molar-refractivity contribution is 0.316. The second-order valence-electron chi connectivity index (χ2n) is 1.41. The molecule has 3 nitrogen and oxygen atoms in total. The Morgan fingerprint density at radius 1 is 2.00 bits per heavy atom. The Morgan fingerprint density at radius 2 is 2.50 bits per heavy atom. The maximum absolute atomic E-state index is 8.00. The third-order valence-electron chi connectivity index (χ3n) is 0.809. The zero-order valence-electron chi connectivity index (χ0n) is 4.63. The van der Waals surface area contributed by atoms with Crippen molar-refractivity contribution in [2.24, 2.45) is 16.8 Å². The van der Waals surface area contributed by atoms with Crippen LogP contribution in [0.1, 0.15) is 6.92 Å². The van der Waals surface area contributed by atoms with Crippen molar-refractivity contribution in [3.63, 3.8) is 0 Å². The van der Waals surface area contributed by atoms with Crippen LogP contribution in [0.5, 0.6) is 0 Å². The number of nitrogens with zero attached hydrogens (tertiary/aromatic N) is 1. The van der Waals surface area contributed by atoms with Gasteiger partial charge in [-0.3, -0.25) is 0 Å². The minimum absolute atomic E-state index is 0.0764. The van der Waals surface area contributed by atoms with Crippen LogP contribution < -0.4 is 5.73 Å². The zero-order valence-corrected chi connectivity index (χ0v) is 4.63. The van der Waals surface area contributed by atoms with Gasteiger partial charge in [0.15, 0.2) is 5.84 Å². The van der Waals surface area contributed by atoms with Crippen molar-refractivity contribution in [3.8, 4) is 12.3 Å². The molecule has 0 radical (unpaired) electrons. The molecule has 0 fully saturated rings. The van der Waals surface area contributed by atoms with Gasteiger partial charge in [0.05, 0.1) is 5.92 Å². The summed E-state index contributed by atoms with van der Waals surface area (Å²) >= 11 is 0. The van der Waals surface area contributed by atoms with Crippen LogP contribution in [-0.2, 0) is 0 Å². The molecule has 0 aliphatic rings. The fourth-order valence-corrected chi connectivity index (χ4v) is 0.172. The molecule has 0 aliphatic carbocycles. The summed E-state index contributed by atoms with van der Waals surface area (Å²) < 4.78 is 0. The van der Waals surface area contributed by atoms with Gasteiger partial charge in [0.2, 0.25) is 0 Å². The lowest BCUT2D eigenvalue weighted by Crippen LogP contribution is -2.19. The lowest BCUT2D eigenvalue weighted by Gasteiger charge is -1.96. The van der Waals surface area contributed by atoms with Gasteiger partial charge in [0, 0.05) is 0 Å². The molecule has 0 saturated heterocycles. The smallest absolute Gasteiger partial charge is 0.154 e. The average molecular weight is 112 g/mol. The molecular weight excluding hydrogens is 104 g/mol. The molecule has 0 spiro atoms. The molecule has 3 N–H and O–H groups in total. The molecule has 44 valence electrons. The second-order valence-corrected chi connectivity index (χ2v) is 1.41. The van der Waals surface area contributed by atoms with E-state index in [9.17, 15) is 0 Å². The second kappa shape index (κ2) is 2.92. The molecule has 0 aromatic carbocycles. The number of hydrogen-bond acceptors (Lipinski definition) is 2. The van der Waals surface area contributed by atoms with Gasteiger partial charge in [0.25, 0.3) is 0 Å². The maximum Gasteiger partial charge on any atom is 0.154 e. The largest absolute Gasteiger partial charge is 0.409 e. The number of hydrogen-bond donors (Lipinski definition) is 2. The van der Waals surface area contributed by atoms with Crippen molar-refractivity contribution < 1.29 is 5.21 Å². The van der Waals surface area contributed by atoms with E-state index in [4.69, 9.17) is 17.4 Å². The highest BCUT2D eigenvalue weighted by atomic mass is 16.4. The Bertz CT molecular complexity index is 134. The van der Waals surface area contributed by atoms with E-state index in [1.54, 1.807) is 6.92 Å². The average Bonchev–Trinajstić information content (AvgIpc) is 1.84. The Hall–Kier alpha value is -1.17. The molecule has 0 aliphatic heterocycles. The van der Waals surface area contributed by atoms with E-state index in [-0.39, 0.29) is 11.8 Å².